The smallest absolute Gasteiger partial charge is 0.226 e. The van der Waals surface area contributed by atoms with Gasteiger partial charge >= 0.3 is 0 Å². The van der Waals surface area contributed by atoms with Crippen molar-refractivity contribution in [1.82, 2.24) is 5.32 Å². The number of halogens is 4. The molecule has 0 aromatic heterocycles. The topological polar surface area (TPSA) is 29.1 Å². The van der Waals surface area contributed by atoms with Crippen molar-refractivity contribution in [2.75, 3.05) is 0 Å². The number of amides is 1. The van der Waals surface area contributed by atoms with Crippen LogP contribution in [-0.2, 0) is 4.79 Å². The summed E-state index contributed by atoms with van der Waals surface area (Å²) >= 11 is 11.5. The van der Waals surface area contributed by atoms with E-state index in [2.05, 4.69) is 5.32 Å². The largest absolute Gasteiger partial charge is 0.349 e. The highest BCUT2D eigenvalue weighted by atomic mass is 35.5. The van der Waals surface area contributed by atoms with Crippen LogP contribution >= 0.6 is 23.2 Å². The molecule has 1 amide bonds. The Labute approximate surface area is 113 Å². The van der Waals surface area contributed by atoms with Gasteiger partial charge in [-0.2, -0.15) is 0 Å². The van der Waals surface area contributed by atoms with Gasteiger partial charge in [-0.15, -0.1) is 23.2 Å². The number of alkyl halides is 2. The lowest BCUT2D eigenvalue weighted by Crippen LogP contribution is -2.29. The van der Waals surface area contributed by atoms with E-state index in [9.17, 15) is 13.6 Å². The maximum atomic E-state index is 13.0. The van der Waals surface area contributed by atoms with Crippen LogP contribution in [0.25, 0.3) is 0 Å². The molecule has 18 heavy (non-hydrogen) atoms. The third-order valence-electron chi connectivity index (χ3n) is 2.94. The fourth-order valence-corrected chi connectivity index (χ4v) is 2.18. The maximum Gasteiger partial charge on any atom is 0.226 e. The summed E-state index contributed by atoms with van der Waals surface area (Å²) in [4.78, 5) is 11.7. The minimum atomic E-state index is -0.988. The summed E-state index contributed by atoms with van der Waals surface area (Å²) in [6, 6.07) is 3.07. The SMILES string of the molecule is CC(NC(=O)C1CC1(Cl)Cl)c1ccc(F)c(F)c1. The number of nitrogens with one attached hydrogen (secondary N) is 1. The zero-order chi connectivity index (χ0) is 13.5. The van der Waals surface area contributed by atoms with Crippen molar-refractivity contribution in [2.45, 2.75) is 23.7 Å². The van der Waals surface area contributed by atoms with Gasteiger partial charge in [0.15, 0.2) is 11.6 Å². The van der Waals surface area contributed by atoms with Gasteiger partial charge in [0.2, 0.25) is 5.91 Å². The van der Waals surface area contributed by atoms with Crippen molar-refractivity contribution in [3.05, 3.63) is 35.4 Å². The molecule has 1 aliphatic carbocycles. The third-order valence-corrected chi connectivity index (χ3v) is 3.78. The first-order valence-electron chi connectivity index (χ1n) is 5.44. The minimum Gasteiger partial charge on any atom is -0.349 e. The zero-order valence-corrected chi connectivity index (χ0v) is 11.0. The van der Waals surface area contributed by atoms with Gasteiger partial charge in [-0.1, -0.05) is 6.07 Å². The van der Waals surface area contributed by atoms with E-state index in [0.29, 0.717) is 12.0 Å². The number of carbonyl (C=O) groups excluding carboxylic acids is 1. The molecular weight excluding hydrogens is 283 g/mol. The van der Waals surface area contributed by atoms with Crippen LogP contribution in [0.5, 0.6) is 0 Å². The minimum absolute atomic E-state index is 0.280. The predicted octanol–water partition coefficient (Wildman–Crippen LogP) is 3.34. The molecule has 2 rings (SSSR count). The Bertz CT molecular complexity index is 493. The lowest BCUT2D eigenvalue weighted by molar-refractivity contribution is -0.123. The second-order valence-corrected chi connectivity index (χ2v) is 5.96. The first-order chi connectivity index (χ1) is 8.31. The van der Waals surface area contributed by atoms with Crippen LogP contribution in [0.1, 0.15) is 24.9 Å². The van der Waals surface area contributed by atoms with E-state index in [4.69, 9.17) is 23.2 Å². The van der Waals surface area contributed by atoms with Gasteiger partial charge in [0.25, 0.3) is 0 Å². The third kappa shape index (κ3) is 2.75. The molecule has 2 unspecified atom stereocenters. The number of hydrogen-bond donors (Lipinski definition) is 1. The number of rotatable bonds is 3. The van der Waals surface area contributed by atoms with Crippen molar-refractivity contribution in [2.24, 2.45) is 5.92 Å². The molecule has 0 aliphatic heterocycles. The molecule has 0 bridgehead atoms. The van der Waals surface area contributed by atoms with Crippen LogP contribution in [0.3, 0.4) is 0 Å². The Morgan fingerprint density at radius 3 is 2.56 bits per heavy atom. The van der Waals surface area contributed by atoms with Gasteiger partial charge < -0.3 is 5.32 Å². The monoisotopic (exact) mass is 293 g/mol. The maximum absolute atomic E-state index is 13.0. The summed E-state index contributed by atoms with van der Waals surface area (Å²) in [6.45, 7) is 1.68. The Hall–Kier alpha value is -0.870. The lowest BCUT2D eigenvalue weighted by atomic mass is 10.1. The molecule has 0 spiro atoms. The van der Waals surface area contributed by atoms with Crippen molar-refractivity contribution < 1.29 is 13.6 Å². The molecule has 0 heterocycles. The highest BCUT2D eigenvalue weighted by Gasteiger charge is 2.56. The van der Waals surface area contributed by atoms with Gasteiger partial charge in [-0.25, -0.2) is 8.78 Å². The van der Waals surface area contributed by atoms with E-state index in [1.165, 1.54) is 6.07 Å². The summed E-state index contributed by atoms with van der Waals surface area (Å²) in [6.07, 6.45) is 0.409. The molecule has 98 valence electrons. The first-order valence-corrected chi connectivity index (χ1v) is 6.20. The molecule has 0 radical (unpaired) electrons. The number of benzene rings is 1. The summed E-state index contributed by atoms with van der Waals surface area (Å²) in [5.74, 6) is -2.57. The number of hydrogen-bond acceptors (Lipinski definition) is 1. The highest BCUT2D eigenvalue weighted by molar-refractivity contribution is 6.52. The summed E-state index contributed by atoms with van der Waals surface area (Å²) < 4.78 is 24.8. The highest BCUT2D eigenvalue weighted by Crippen LogP contribution is 2.53. The van der Waals surface area contributed by atoms with Crippen molar-refractivity contribution in [3.8, 4) is 0 Å². The fourth-order valence-electron chi connectivity index (χ4n) is 1.68. The van der Waals surface area contributed by atoms with Crippen LogP contribution < -0.4 is 5.32 Å². The summed E-state index contributed by atoms with van der Waals surface area (Å²) in [5.41, 5.74) is 0.484. The summed E-state index contributed by atoms with van der Waals surface area (Å²) in [5, 5.41) is 2.66. The summed E-state index contributed by atoms with van der Waals surface area (Å²) in [7, 11) is 0. The number of carbonyl (C=O) groups is 1. The van der Waals surface area contributed by atoms with Gasteiger partial charge in [0.1, 0.15) is 4.33 Å². The molecule has 0 saturated heterocycles. The first kappa shape index (κ1) is 13.6. The Morgan fingerprint density at radius 1 is 1.44 bits per heavy atom. The molecule has 6 heteroatoms. The van der Waals surface area contributed by atoms with E-state index in [0.717, 1.165) is 12.1 Å². The van der Waals surface area contributed by atoms with Crippen LogP contribution in [-0.4, -0.2) is 10.2 Å². The molecule has 1 aromatic rings. The van der Waals surface area contributed by atoms with Gasteiger partial charge in [-0.05, 0) is 31.0 Å². The van der Waals surface area contributed by atoms with Crippen LogP contribution in [0.2, 0.25) is 0 Å². The average Bonchev–Trinajstić information content (AvgIpc) is 2.92. The van der Waals surface area contributed by atoms with Gasteiger partial charge in [-0.3, -0.25) is 4.79 Å². The zero-order valence-electron chi connectivity index (χ0n) is 9.51. The van der Waals surface area contributed by atoms with Gasteiger partial charge in [0.05, 0.1) is 12.0 Å². The Kier molecular flexibility index (Phi) is 3.52. The molecule has 1 N–H and O–H groups in total. The fraction of sp³-hybridized carbons (Fsp3) is 0.417. The van der Waals surface area contributed by atoms with Crippen LogP contribution in [0.4, 0.5) is 8.78 Å². The van der Waals surface area contributed by atoms with Crippen LogP contribution in [0, 0.1) is 17.6 Å². The van der Waals surface area contributed by atoms with E-state index >= 15 is 0 Å². The van der Waals surface area contributed by atoms with E-state index in [-0.39, 0.29) is 5.91 Å². The van der Waals surface area contributed by atoms with Crippen molar-refractivity contribution in [3.63, 3.8) is 0 Å². The Morgan fingerprint density at radius 2 is 2.06 bits per heavy atom. The van der Waals surface area contributed by atoms with Crippen molar-refractivity contribution in [1.29, 1.82) is 0 Å². The quantitative estimate of drug-likeness (QED) is 0.851. The average molecular weight is 294 g/mol. The molecule has 2 atom stereocenters. The van der Waals surface area contributed by atoms with E-state index in [1.54, 1.807) is 6.92 Å². The van der Waals surface area contributed by atoms with E-state index < -0.39 is 27.9 Å². The molecule has 1 aliphatic rings. The second kappa shape index (κ2) is 4.67. The van der Waals surface area contributed by atoms with Crippen molar-refractivity contribution >= 4 is 29.1 Å². The van der Waals surface area contributed by atoms with Gasteiger partial charge in [0, 0.05) is 0 Å². The normalized spacial score (nSPS) is 22.4. The van der Waals surface area contributed by atoms with Crippen LogP contribution in [0.15, 0.2) is 18.2 Å². The molecule has 2 nitrogen and oxygen atoms in total. The molecule has 1 aromatic carbocycles. The Balaban J connectivity index is 2.01. The molecule has 1 saturated carbocycles. The standard InChI is InChI=1S/C12H11Cl2F2NO/c1-6(7-2-3-9(15)10(16)4-7)17-11(18)8-5-12(8,13)14/h2-4,6,8H,5H2,1H3,(H,17,18). The predicted molar refractivity (Wildman–Crippen MR) is 65.5 cm³/mol. The second-order valence-electron chi connectivity index (χ2n) is 4.42. The molecule has 1 fully saturated rings. The van der Waals surface area contributed by atoms with E-state index in [1.807, 2.05) is 0 Å². The molecular formula is C12H11Cl2F2NO. The lowest BCUT2D eigenvalue weighted by Gasteiger charge is -2.14.